The smallest absolute Gasteiger partial charge is 0.237 e. The largest absolute Gasteiger partial charge is 0.494 e. The highest BCUT2D eigenvalue weighted by Crippen LogP contribution is 2.27. The minimum absolute atomic E-state index is 0.321. The number of nitrogens with one attached hydrogen (secondary N) is 1. The Morgan fingerprint density at radius 2 is 2.10 bits per heavy atom. The fourth-order valence-corrected chi connectivity index (χ4v) is 2.03. The van der Waals surface area contributed by atoms with Crippen molar-refractivity contribution in [1.29, 1.82) is 0 Å². The topological polar surface area (TPSA) is 82.3 Å². The van der Waals surface area contributed by atoms with Crippen molar-refractivity contribution < 1.29 is 9.47 Å². The maximum Gasteiger partial charge on any atom is 0.237 e. The molecule has 0 aliphatic rings. The van der Waals surface area contributed by atoms with Gasteiger partial charge in [-0.25, -0.2) is 10.4 Å². The summed E-state index contributed by atoms with van der Waals surface area (Å²) in [6.45, 7) is 2.75. The molecule has 0 spiro atoms. The summed E-state index contributed by atoms with van der Waals surface area (Å²) in [7, 11) is 1.56. The van der Waals surface area contributed by atoms with E-state index in [-0.39, 0.29) is 6.04 Å². The summed E-state index contributed by atoms with van der Waals surface area (Å²) in [5.41, 5.74) is 4.32. The Hall–Kier alpha value is -2.18. The third-order valence-corrected chi connectivity index (χ3v) is 2.99. The maximum absolute atomic E-state index is 5.70. The lowest BCUT2D eigenvalue weighted by Crippen LogP contribution is -2.30. The predicted molar refractivity (Wildman–Crippen MR) is 80.0 cm³/mol. The lowest BCUT2D eigenvalue weighted by Gasteiger charge is -2.18. The van der Waals surface area contributed by atoms with Crippen LogP contribution in [0.3, 0.4) is 0 Å². The predicted octanol–water partition coefficient (Wildman–Crippen LogP) is 1.83. The number of ether oxygens (including phenoxy) is 2. The number of hydrazine groups is 1. The molecule has 21 heavy (non-hydrogen) atoms. The van der Waals surface area contributed by atoms with Crippen LogP contribution in [0.4, 0.5) is 0 Å². The number of aromatic nitrogens is 2. The average Bonchev–Trinajstić information content (AvgIpc) is 2.54. The van der Waals surface area contributed by atoms with E-state index in [0.717, 1.165) is 17.7 Å². The molecule has 3 N–H and O–H groups in total. The van der Waals surface area contributed by atoms with E-state index < -0.39 is 0 Å². The third kappa shape index (κ3) is 3.68. The molecule has 0 amide bonds. The maximum atomic E-state index is 5.70. The zero-order chi connectivity index (χ0) is 15.1. The van der Waals surface area contributed by atoms with Gasteiger partial charge in [-0.15, -0.1) is 0 Å². The Labute approximate surface area is 124 Å². The summed E-state index contributed by atoms with van der Waals surface area (Å²) in [5.74, 6) is 6.94. The van der Waals surface area contributed by atoms with Crippen LogP contribution < -0.4 is 20.7 Å². The Morgan fingerprint density at radius 1 is 1.29 bits per heavy atom. The molecule has 0 fully saturated rings. The molecule has 0 radical (unpaired) electrons. The van der Waals surface area contributed by atoms with Gasteiger partial charge in [0.15, 0.2) is 0 Å². The standard InChI is InChI=1S/C15H20N4O2/c1-3-9-21-12-6-4-5-11(10-12)13(19-16)14-15(20-2)18-8-7-17-14/h4-8,10,13,19H,3,9,16H2,1-2H3. The Balaban J connectivity index is 2.32. The molecule has 6 nitrogen and oxygen atoms in total. The van der Waals surface area contributed by atoms with Gasteiger partial charge in [-0.2, -0.15) is 0 Å². The summed E-state index contributed by atoms with van der Waals surface area (Å²) in [6, 6.07) is 7.42. The quantitative estimate of drug-likeness (QED) is 0.597. The van der Waals surface area contributed by atoms with E-state index in [9.17, 15) is 0 Å². The number of nitrogens with two attached hydrogens (primary N) is 1. The van der Waals surface area contributed by atoms with Gasteiger partial charge < -0.3 is 9.47 Å². The molecule has 1 aromatic heterocycles. The van der Waals surface area contributed by atoms with Gasteiger partial charge in [-0.05, 0) is 24.1 Å². The lowest BCUT2D eigenvalue weighted by molar-refractivity contribution is 0.317. The van der Waals surface area contributed by atoms with E-state index in [1.54, 1.807) is 19.5 Å². The van der Waals surface area contributed by atoms with Crippen molar-refractivity contribution in [2.24, 2.45) is 5.84 Å². The van der Waals surface area contributed by atoms with Crippen LogP contribution in [0, 0.1) is 0 Å². The molecule has 1 heterocycles. The number of rotatable bonds is 7. The van der Waals surface area contributed by atoms with Gasteiger partial charge in [0, 0.05) is 12.4 Å². The van der Waals surface area contributed by atoms with E-state index in [4.69, 9.17) is 15.3 Å². The fourth-order valence-electron chi connectivity index (χ4n) is 2.03. The van der Waals surface area contributed by atoms with Crippen molar-refractivity contribution in [3.63, 3.8) is 0 Å². The van der Waals surface area contributed by atoms with E-state index in [0.29, 0.717) is 18.2 Å². The van der Waals surface area contributed by atoms with Crippen LogP contribution >= 0.6 is 0 Å². The summed E-state index contributed by atoms with van der Waals surface area (Å²) >= 11 is 0. The first kappa shape index (κ1) is 15.2. The second kappa shape index (κ2) is 7.56. The summed E-state index contributed by atoms with van der Waals surface area (Å²) in [5, 5.41) is 0. The van der Waals surface area contributed by atoms with Crippen molar-refractivity contribution in [2.45, 2.75) is 19.4 Å². The van der Waals surface area contributed by atoms with Crippen LogP contribution in [-0.2, 0) is 0 Å². The molecule has 0 aliphatic carbocycles. The van der Waals surface area contributed by atoms with Gasteiger partial charge >= 0.3 is 0 Å². The summed E-state index contributed by atoms with van der Waals surface area (Å²) in [4.78, 5) is 8.47. The van der Waals surface area contributed by atoms with E-state index in [1.807, 2.05) is 24.3 Å². The molecule has 1 atom stereocenters. The van der Waals surface area contributed by atoms with Crippen LogP contribution in [0.5, 0.6) is 11.6 Å². The van der Waals surface area contributed by atoms with E-state index in [2.05, 4.69) is 22.3 Å². The highest BCUT2D eigenvalue weighted by molar-refractivity contribution is 5.37. The SMILES string of the molecule is CCCOc1cccc(C(NN)c2nccnc2OC)c1. The van der Waals surface area contributed by atoms with Crippen molar-refractivity contribution >= 4 is 0 Å². The second-order valence-electron chi connectivity index (χ2n) is 4.47. The van der Waals surface area contributed by atoms with Crippen LogP contribution in [0.15, 0.2) is 36.7 Å². The lowest BCUT2D eigenvalue weighted by atomic mass is 10.0. The minimum Gasteiger partial charge on any atom is -0.494 e. The van der Waals surface area contributed by atoms with Crippen molar-refractivity contribution in [1.82, 2.24) is 15.4 Å². The molecule has 0 saturated heterocycles. The van der Waals surface area contributed by atoms with Gasteiger partial charge in [0.2, 0.25) is 5.88 Å². The third-order valence-electron chi connectivity index (χ3n) is 2.99. The molecule has 2 aromatic rings. The Morgan fingerprint density at radius 3 is 2.81 bits per heavy atom. The number of hydrogen-bond donors (Lipinski definition) is 2. The molecular formula is C15H20N4O2. The van der Waals surface area contributed by atoms with Gasteiger partial charge in [-0.1, -0.05) is 19.1 Å². The van der Waals surface area contributed by atoms with Gasteiger partial charge in [0.1, 0.15) is 11.4 Å². The first-order valence-electron chi connectivity index (χ1n) is 6.84. The molecule has 1 aromatic carbocycles. The summed E-state index contributed by atoms with van der Waals surface area (Å²) in [6.07, 6.45) is 4.15. The van der Waals surface area contributed by atoms with Gasteiger partial charge in [0.25, 0.3) is 0 Å². The van der Waals surface area contributed by atoms with Crippen LogP contribution in [0.2, 0.25) is 0 Å². The van der Waals surface area contributed by atoms with Crippen molar-refractivity contribution in [3.8, 4) is 11.6 Å². The molecule has 2 rings (SSSR count). The molecule has 0 saturated carbocycles. The molecular weight excluding hydrogens is 268 g/mol. The molecule has 112 valence electrons. The van der Waals surface area contributed by atoms with Crippen LogP contribution in [-0.4, -0.2) is 23.7 Å². The highest BCUT2D eigenvalue weighted by atomic mass is 16.5. The second-order valence-corrected chi connectivity index (χ2v) is 4.47. The monoisotopic (exact) mass is 288 g/mol. The normalized spacial score (nSPS) is 12.0. The zero-order valence-corrected chi connectivity index (χ0v) is 12.2. The Kier molecular flexibility index (Phi) is 5.48. The first-order valence-corrected chi connectivity index (χ1v) is 6.84. The van der Waals surface area contributed by atoms with E-state index >= 15 is 0 Å². The van der Waals surface area contributed by atoms with Crippen LogP contribution in [0.25, 0.3) is 0 Å². The zero-order valence-electron chi connectivity index (χ0n) is 12.2. The molecule has 1 unspecified atom stereocenters. The first-order chi connectivity index (χ1) is 10.3. The molecule has 0 aliphatic heterocycles. The van der Waals surface area contributed by atoms with E-state index in [1.165, 1.54) is 0 Å². The molecule has 6 heteroatoms. The van der Waals surface area contributed by atoms with Gasteiger partial charge in [-0.3, -0.25) is 10.8 Å². The average molecular weight is 288 g/mol. The molecule has 0 bridgehead atoms. The minimum atomic E-state index is -0.321. The fraction of sp³-hybridized carbons (Fsp3) is 0.333. The number of hydrogen-bond acceptors (Lipinski definition) is 6. The van der Waals surface area contributed by atoms with Crippen molar-refractivity contribution in [2.75, 3.05) is 13.7 Å². The highest BCUT2D eigenvalue weighted by Gasteiger charge is 2.19. The summed E-state index contributed by atoms with van der Waals surface area (Å²) < 4.78 is 10.9. The number of methoxy groups -OCH3 is 1. The van der Waals surface area contributed by atoms with Gasteiger partial charge in [0.05, 0.1) is 19.8 Å². The Bertz CT molecular complexity index is 577. The number of benzene rings is 1. The number of nitrogens with zero attached hydrogens (tertiary/aromatic N) is 2. The van der Waals surface area contributed by atoms with Crippen molar-refractivity contribution in [3.05, 3.63) is 47.9 Å². The van der Waals surface area contributed by atoms with Crippen LogP contribution in [0.1, 0.15) is 30.6 Å².